The summed E-state index contributed by atoms with van der Waals surface area (Å²) in [5, 5.41) is 0. The van der Waals surface area contributed by atoms with Gasteiger partial charge in [0.2, 0.25) is 0 Å². The zero-order chi connectivity index (χ0) is 10.7. The molecule has 1 aromatic rings. The minimum atomic E-state index is 0.147. The molecular formula is C10H12ClNO2S. The van der Waals surface area contributed by atoms with Gasteiger partial charge in [-0.3, -0.25) is 9.69 Å². The summed E-state index contributed by atoms with van der Waals surface area (Å²) < 4.78 is 5.89. The fourth-order valence-electron chi connectivity index (χ4n) is 1.50. The van der Waals surface area contributed by atoms with Crippen molar-refractivity contribution in [2.45, 2.75) is 0 Å². The van der Waals surface area contributed by atoms with Gasteiger partial charge in [0.05, 0.1) is 29.0 Å². The molecule has 3 nitrogen and oxygen atoms in total. The molecule has 1 aliphatic heterocycles. The second-order valence-electron chi connectivity index (χ2n) is 3.42. The Morgan fingerprint density at radius 3 is 2.80 bits per heavy atom. The van der Waals surface area contributed by atoms with Crippen LogP contribution in [0.2, 0.25) is 4.34 Å². The highest BCUT2D eigenvalue weighted by molar-refractivity contribution is 7.18. The zero-order valence-electron chi connectivity index (χ0n) is 8.24. The molecule has 1 aliphatic rings. The van der Waals surface area contributed by atoms with E-state index in [4.69, 9.17) is 16.3 Å². The number of hydrogen-bond donors (Lipinski definition) is 0. The lowest BCUT2D eigenvalue weighted by molar-refractivity contribution is 0.0372. The number of rotatable bonds is 3. The van der Waals surface area contributed by atoms with Crippen LogP contribution >= 0.6 is 22.9 Å². The lowest BCUT2D eigenvalue weighted by Crippen LogP contribution is -2.39. The van der Waals surface area contributed by atoms with Crippen molar-refractivity contribution >= 4 is 28.7 Å². The van der Waals surface area contributed by atoms with E-state index in [1.165, 1.54) is 11.3 Å². The smallest absolute Gasteiger partial charge is 0.186 e. The van der Waals surface area contributed by atoms with Crippen LogP contribution in [0.25, 0.3) is 0 Å². The van der Waals surface area contributed by atoms with Crippen LogP contribution in [0, 0.1) is 0 Å². The van der Waals surface area contributed by atoms with Crippen molar-refractivity contribution in [3.63, 3.8) is 0 Å². The summed E-state index contributed by atoms with van der Waals surface area (Å²) in [5.74, 6) is 0.147. The summed E-state index contributed by atoms with van der Waals surface area (Å²) in [5.41, 5.74) is 0. The number of nitrogens with zero attached hydrogens (tertiary/aromatic N) is 1. The van der Waals surface area contributed by atoms with Crippen molar-refractivity contribution < 1.29 is 9.53 Å². The third kappa shape index (κ3) is 3.01. The van der Waals surface area contributed by atoms with Crippen molar-refractivity contribution in [1.29, 1.82) is 0 Å². The first-order valence-electron chi connectivity index (χ1n) is 4.84. The average molecular weight is 246 g/mol. The van der Waals surface area contributed by atoms with Gasteiger partial charge in [0.25, 0.3) is 0 Å². The minimum Gasteiger partial charge on any atom is -0.379 e. The van der Waals surface area contributed by atoms with Gasteiger partial charge < -0.3 is 4.74 Å². The maximum Gasteiger partial charge on any atom is 0.186 e. The number of carbonyl (C=O) groups is 1. The quantitative estimate of drug-likeness (QED) is 0.762. The van der Waals surface area contributed by atoms with E-state index in [9.17, 15) is 4.79 Å². The van der Waals surface area contributed by atoms with Gasteiger partial charge in [-0.2, -0.15) is 0 Å². The molecule has 1 saturated heterocycles. The molecule has 0 aromatic carbocycles. The lowest BCUT2D eigenvalue weighted by atomic mass is 10.3. The third-order valence-corrected chi connectivity index (χ3v) is 3.59. The van der Waals surface area contributed by atoms with E-state index in [0.29, 0.717) is 10.9 Å². The Bertz CT molecular complexity index is 347. The molecule has 0 saturated carbocycles. The molecule has 82 valence electrons. The van der Waals surface area contributed by atoms with Crippen LogP contribution in [0.1, 0.15) is 9.67 Å². The van der Waals surface area contributed by atoms with Crippen LogP contribution in [-0.4, -0.2) is 43.5 Å². The number of carbonyl (C=O) groups excluding carboxylic acids is 1. The van der Waals surface area contributed by atoms with Crippen molar-refractivity contribution in [3.8, 4) is 0 Å². The summed E-state index contributed by atoms with van der Waals surface area (Å²) in [6.45, 7) is 3.59. The van der Waals surface area contributed by atoms with Crippen LogP contribution in [-0.2, 0) is 4.74 Å². The number of thiophene rings is 1. The molecule has 0 bridgehead atoms. The summed E-state index contributed by atoms with van der Waals surface area (Å²) >= 11 is 7.12. The highest BCUT2D eigenvalue weighted by Crippen LogP contribution is 2.22. The van der Waals surface area contributed by atoms with Gasteiger partial charge in [0, 0.05) is 13.1 Å². The molecule has 2 rings (SSSR count). The Morgan fingerprint density at radius 1 is 1.47 bits per heavy atom. The first-order chi connectivity index (χ1) is 7.25. The zero-order valence-corrected chi connectivity index (χ0v) is 9.81. The number of ether oxygens (including phenoxy) is 1. The van der Waals surface area contributed by atoms with Crippen molar-refractivity contribution in [3.05, 3.63) is 21.3 Å². The van der Waals surface area contributed by atoms with E-state index in [-0.39, 0.29) is 5.78 Å². The molecule has 0 aliphatic carbocycles. The van der Waals surface area contributed by atoms with E-state index < -0.39 is 0 Å². The predicted molar refractivity (Wildman–Crippen MR) is 60.9 cm³/mol. The molecule has 5 heteroatoms. The molecule has 0 amide bonds. The summed E-state index contributed by atoms with van der Waals surface area (Å²) in [6, 6.07) is 3.55. The SMILES string of the molecule is O=C(CN1CCOCC1)c1ccc(Cl)s1. The molecule has 2 heterocycles. The fraction of sp³-hybridized carbons (Fsp3) is 0.500. The van der Waals surface area contributed by atoms with Gasteiger partial charge in [0.15, 0.2) is 5.78 Å². The number of Topliss-reactive ketones (excluding diaryl/α,β-unsaturated/α-hetero) is 1. The summed E-state index contributed by atoms with van der Waals surface area (Å²) in [7, 11) is 0. The van der Waals surface area contributed by atoms with Gasteiger partial charge in [-0.15, -0.1) is 11.3 Å². The van der Waals surface area contributed by atoms with Gasteiger partial charge in [0.1, 0.15) is 0 Å². The average Bonchev–Trinajstić information content (AvgIpc) is 2.66. The summed E-state index contributed by atoms with van der Waals surface area (Å²) in [4.78, 5) is 14.6. The Labute approximate surface area is 97.6 Å². The maximum atomic E-state index is 11.8. The highest BCUT2D eigenvalue weighted by Gasteiger charge is 2.16. The first-order valence-corrected chi connectivity index (χ1v) is 6.04. The van der Waals surface area contributed by atoms with Crippen molar-refractivity contribution in [1.82, 2.24) is 4.90 Å². The topological polar surface area (TPSA) is 29.5 Å². The molecule has 0 N–H and O–H groups in total. The van der Waals surface area contributed by atoms with E-state index in [2.05, 4.69) is 4.90 Å². The number of halogens is 1. The second kappa shape index (κ2) is 5.07. The largest absolute Gasteiger partial charge is 0.379 e. The molecule has 0 atom stereocenters. The van der Waals surface area contributed by atoms with Gasteiger partial charge in [-0.05, 0) is 12.1 Å². The van der Waals surface area contributed by atoms with Gasteiger partial charge in [-0.1, -0.05) is 11.6 Å². The molecule has 0 unspecified atom stereocenters. The van der Waals surface area contributed by atoms with E-state index >= 15 is 0 Å². The highest BCUT2D eigenvalue weighted by atomic mass is 35.5. The van der Waals surface area contributed by atoms with Gasteiger partial charge >= 0.3 is 0 Å². The molecule has 0 radical (unpaired) electrons. The van der Waals surface area contributed by atoms with Crippen LogP contribution in [0.5, 0.6) is 0 Å². The van der Waals surface area contributed by atoms with E-state index in [1.807, 2.05) is 0 Å². The van der Waals surface area contributed by atoms with Crippen molar-refractivity contribution in [2.24, 2.45) is 0 Å². The Balaban J connectivity index is 1.91. The number of morpholine rings is 1. The second-order valence-corrected chi connectivity index (χ2v) is 5.13. The predicted octanol–water partition coefficient (Wildman–Crippen LogP) is 1.92. The molecule has 15 heavy (non-hydrogen) atoms. The van der Waals surface area contributed by atoms with E-state index in [1.54, 1.807) is 12.1 Å². The number of hydrogen-bond acceptors (Lipinski definition) is 4. The first kappa shape index (κ1) is 11.1. The molecule has 1 fully saturated rings. The third-order valence-electron chi connectivity index (χ3n) is 2.32. The Hall–Kier alpha value is -0.420. The van der Waals surface area contributed by atoms with Crippen molar-refractivity contribution in [2.75, 3.05) is 32.8 Å². The normalized spacial score (nSPS) is 17.9. The Morgan fingerprint density at radius 2 is 2.20 bits per heavy atom. The standard InChI is InChI=1S/C10H12ClNO2S/c11-10-2-1-9(15-10)8(13)7-12-3-5-14-6-4-12/h1-2H,3-7H2. The van der Waals surface area contributed by atoms with E-state index in [0.717, 1.165) is 31.2 Å². The fourth-order valence-corrected chi connectivity index (χ4v) is 2.48. The molecule has 1 aromatic heterocycles. The van der Waals surface area contributed by atoms with Crippen LogP contribution in [0.3, 0.4) is 0 Å². The Kier molecular flexibility index (Phi) is 3.75. The van der Waals surface area contributed by atoms with Crippen LogP contribution in [0.15, 0.2) is 12.1 Å². The van der Waals surface area contributed by atoms with Crippen LogP contribution in [0.4, 0.5) is 0 Å². The van der Waals surface area contributed by atoms with Crippen LogP contribution < -0.4 is 0 Å². The molecular weight excluding hydrogens is 234 g/mol. The monoisotopic (exact) mass is 245 g/mol. The maximum absolute atomic E-state index is 11.8. The summed E-state index contributed by atoms with van der Waals surface area (Å²) in [6.07, 6.45) is 0. The number of ketones is 1. The molecule has 0 spiro atoms. The van der Waals surface area contributed by atoms with Gasteiger partial charge in [-0.25, -0.2) is 0 Å². The lowest BCUT2D eigenvalue weighted by Gasteiger charge is -2.25. The minimum absolute atomic E-state index is 0.147.